The van der Waals surface area contributed by atoms with Gasteiger partial charge in [0.2, 0.25) is 0 Å². The van der Waals surface area contributed by atoms with Crippen LogP contribution in [0.3, 0.4) is 0 Å². The molecule has 0 saturated carbocycles. The molecule has 2 rings (SSSR count). The Hall–Kier alpha value is -2.30. The molecule has 1 aromatic rings. The van der Waals surface area contributed by atoms with E-state index in [4.69, 9.17) is 14.2 Å². The molecule has 1 aliphatic heterocycles. The van der Waals surface area contributed by atoms with Crippen molar-refractivity contribution in [3.8, 4) is 5.75 Å². The summed E-state index contributed by atoms with van der Waals surface area (Å²) in [6, 6.07) is 6.92. The Bertz CT molecular complexity index is 581. The summed E-state index contributed by atoms with van der Waals surface area (Å²) in [6.45, 7) is 3.27. The van der Waals surface area contributed by atoms with Crippen molar-refractivity contribution >= 4 is 17.7 Å². The summed E-state index contributed by atoms with van der Waals surface area (Å²) in [6.07, 6.45) is 0. The Balaban J connectivity index is 2.54. The number of carbonyl (C=O) groups excluding carboxylic acids is 2. The van der Waals surface area contributed by atoms with Gasteiger partial charge in [-0.2, -0.15) is 0 Å². The van der Waals surface area contributed by atoms with Crippen LogP contribution in [-0.2, 0) is 19.1 Å². The highest BCUT2D eigenvalue weighted by molar-refractivity contribution is 6.08. The van der Waals surface area contributed by atoms with E-state index in [9.17, 15) is 9.59 Å². The van der Waals surface area contributed by atoms with Crippen molar-refractivity contribution in [3.05, 3.63) is 35.4 Å². The number of hydrogen-bond acceptors (Lipinski definition) is 5. The van der Waals surface area contributed by atoms with Crippen molar-refractivity contribution in [2.24, 2.45) is 5.41 Å². The van der Waals surface area contributed by atoms with E-state index in [0.29, 0.717) is 11.3 Å². The Morgan fingerprint density at radius 3 is 2.25 bits per heavy atom. The number of esters is 2. The maximum atomic E-state index is 11.9. The fourth-order valence-corrected chi connectivity index (χ4v) is 2.05. The smallest absolute Gasteiger partial charge is 0.338 e. The molecule has 0 N–H and O–H groups in total. The van der Waals surface area contributed by atoms with Gasteiger partial charge in [0.05, 0.1) is 25.2 Å². The number of cyclic esters (lactones) is 1. The van der Waals surface area contributed by atoms with Crippen LogP contribution in [0.2, 0.25) is 0 Å². The molecular weight excluding hydrogens is 260 g/mol. The molecular formula is C15H16O5. The molecule has 1 aliphatic rings. The van der Waals surface area contributed by atoms with Gasteiger partial charge in [0.1, 0.15) is 11.5 Å². The van der Waals surface area contributed by atoms with E-state index < -0.39 is 17.4 Å². The molecule has 20 heavy (non-hydrogen) atoms. The standard InChI is InChI=1S/C15H16O5/c1-15(2)11(13(16)19-4)12(20-14(15)17)9-5-7-10(18-3)8-6-9/h5-8H,1-4H3. The van der Waals surface area contributed by atoms with Crippen molar-refractivity contribution in [1.29, 1.82) is 0 Å². The largest absolute Gasteiger partial charge is 0.497 e. The minimum absolute atomic E-state index is 0.232. The van der Waals surface area contributed by atoms with Crippen LogP contribution in [0.15, 0.2) is 29.8 Å². The highest BCUT2D eigenvalue weighted by Gasteiger charge is 2.47. The number of carbonyl (C=O) groups is 2. The lowest BCUT2D eigenvalue weighted by molar-refractivity contribution is -0.145. The minimum atomic E-state index is -1.03. The van der Waals surface area contributed by atoms with E-state index in [1.807, 2.05) is 0 Å². The average Bonchev–Trinajstić information content (AvgIpc) is 2.69. The molecule has 5 heteroatoms. The summed E-state index contributed by atoms with van der Waals surface area (Å²) in [5, 5.41) is 0. The molecule has 0 unspecified atom stereocenters. The molecule has 0 fully saturated rings. The first kappa shape index (κ1) is 14.1. The third-order valence-electron chi connectivity index (χ3n) is 3.30. The van der Waals surface area contributed by atoms with Crippen LogP contribution >= 0.6 is 0 Å². The van der Waals surface area contributed by atoms with Crippen LogP contribution in [0, 0.1) is 5.41 Å². The van der Waals surface area contributed by atoms with Crippen molar-refractivity contribution in [1.82, 2.24) is 0 Å². The zero-order valence-corrected chi connectivity index (χ0v) is 11.9. The molecule has 0 atom stereocenters. The van der Waals surface area contributed by atoms with Crippen LogP contribution in [0.5, 0.6) is 5.75 Å². The third kappa shape index (κ3) is 2.15. The topological polar surface area (TPSA) is 61.8 Å². The van der Waals surface area contributed by atoms with Gasteiger partial charge in [0.25, 0.3) is 0 Å². The summed E-state index contributed by atoms with van der Waals surface area (Å²) in [7, 11) is 2.84. The molecule has 0 spiro atoms. The van der Waals surface area contributed by atoms with Crippen LogP contribution in [-0.4, -0.2) is 26.2 Å². The zero-order chi connectivity index (χ0) is 14.9. The van der Waals surface area contributed by atoms with Crippen molar-refractivity contribution in [2.45, 2.75) is 13.8 Å². The van der Waals surface area contributed by atoms with Crippen LogP contribution in [0.25, 0.3) is 5.76 Å². The van der Waals surface area contributed by atoms with E-state index >= 15 is 0 Å². The summed E-state index contributed by atoms with van der Waals surface area (Å²) >= 11 is 0. The summed E-state index contributed by atoms with van der Waals surface area (Å²) in [4.78, 5) is 23.9. The SMILES string of the molecule is COC(=O)C1=C(c2ccc(OC)cc2)OC(=O)C1(C)C. The van der Waals surface area contributed by atoms with Gasteiger partial charge < -0.3 is 14.2 Å². The summed E-state index contributed by atoms with van der Waals surface area (Å²) < 4.78 is 15.1. The first-order chi connectivity index (χ1) is 9.41. The van der Waals surface area contributed by atoms with Gasteiger partial charge >= 0.3 is 11.9 Å². The molecule has 0 aliphatic carbocycles. The molecule has 0 radical (unpaired) electrons. The third-order valence-corrected chi connectivity index (χ3v) is 3.30. The van der Waals surface area contributed by atoms with E-state index in [0.717, 1.165) is 0 Å². The van der Waals surface area contributed by atoms with Gasteiger partial charge in [0, 0.05) is 5.56 Å². The van der Waals surface area contributed by atoms with Crippen molar-refractivity contribution < 1.29 is 23.8 Å². The van der Waals surface area contributed by atoms with Gasteiger partial charge in [-0.15, -0.1) is 0 Å². The molecule has 0 aromatic heterocycles. The zero-order valence-electron chi connectivity index (χ0n) is 11.9. The molecule has 1 heterocycles. The van der Waals surface area contributed by atoms with Crippen LogP contribution < -0.4 is 4.74 Å². The van der Waals surface area contributed by atoms with Gasteiger partial charge in [0.15, 0.2) is 0 Å². The first-order valence-corrected chi connectivity index (χ1v) is 6.11. The van der Waals surface area contributed by atoms with Crippen molar-refractivity contribution in [3.63, 3.8) is 0 Å². The van der Waals surface area contributed by atoms with E-state index in [-0.39, 0.29) is 11.3 Å². The number of ether oxygens (including phenoxy) is 3. The number of rotatable bonds is 3. The lowest BCUT2D eigenvalue weighted by Crippen LogP contribution is -2.26. The first-order valence-electron chi connectivity index (χ1n) is 6.11. The van der Waals surface area contributed by atoms with Crippen LogP contribution in [0.1, 0.15) is 19.4 Å². The average molecular weight is 276 g/mol. The lowest BCUT2D eigenvalue weighted by atomic mass is 9.84. The molecule has 106 valence electrons. The van der Waals surface area contributed by atoms with Crippen molar-refractivity contribution in [2.75, 3.05) is 14.2 Å². The highest BCUT2D eigenvalue weighted by Crippen LogP contribution is 2.42. The molecule has 5 nitrogen and oxygen atoms in total. The second kappa shape index (κ2) is 5.00. The minimum Gasteiger partial charge on any atom is -0.497 e. The molecule has 0 bridgehead atoms. The van der Waals surface area contributed by atoms with E-state index in [1.165, 1.54) is 7.11 Å². The van der Waals surface area contributed by atoms with E-state index in [1.54, 1.807) is 45.2 Å². The fourth-order valence-electron chi connectivity index (χ4n) is 2.05. The Morgan fingerprint density at radius 2 is 1.75 bits per heavy atom. The second-order valence-electron chi connectivity index (χ2n) is 4.94. The maximum absolute atomic E-state index is 11.9. The maximum Gasteiger partial charge on any atom is 0.338 e. The van der Waals surface area contributed by atoms with Gasteiger partial charge in [-0.3, -0.25) is 4.79 Å². The molecule has 0 amide bonds. The molecule has 1 aromatic carbocycles. The Kier molecular flexibility index (Phi) is 3.53. The second-order valence-corrected chi connectivity index (χ2v) is 4.94. The Labute approximate surface area is 117 Å². The number of methoxy groups -OCH3 is 2. The summed E-state index contributed by atoms with van der Waals surface area (Å²) in [5.41, 5.74) is -0.164. The normalized spacial score (nSPS) is 16.9. The van der Waals surface area contributed by atoms with Crippen LogP contribution in [0.4, 0.5) is 0 Å². The predicted molar refractivity (Wildman–Crippen MR) is 71.8 cm³/mol. The van der Waals surface area contributed by atoms with Gasteiger partial charge in [-0.1, -0.05) is 0 Å². The predicted octanol–water partition coefficient (Wildman–Crippen LogP) is 2.16. The number of benzene rings is 1. The fraction of sp³-hybridized carbons (Fsp3) is 0.333. The molecule has 0 saturated heterocycles. The van der Waals surface area contributed by atoms with E-state index in [2.05, 4.69) is 0 Å². The monoisotopic (exact) mass is 276 g/mol. The summed E-state index contributed by atoms with van der Waals surface area (Å²) in [5.74, 6) is -0.109. The Morgan fingerprint density at radius 1 is 1.15 bits per heavy atom. The number of hydrogen-bond donors (Lipinski definition) is 0. The highest BCUT2D eigenvalue weighted by atomic mass is 16.6. The quantitative estimate of drug-likeness (QED) is 0.792. The lowest BCUT2D eigenvalue weighted by Gasteiger charge is -2.15. The van der Waals surface area contributed by atoms with Gasteiger partial charge in [-0.25, -0.2) is 4.79 Å². The van der Waals surface area contributed by atoms with Gasteiger partial charge in [-0.05, 0) is 38.1 Å².